The Morgan fingerprint density at radius 2 is 2.00 bits per heavy atom. The molecule has 2 aromatic heterocycles. The van der Waals surface area contributed by atoms with Crippen molar-refractivity contribution in [3.63, 3.8) is 0 Å². The lowest BCUT2D eigenvalue weighted by atomic mass is 10.1. The van der Waals surface area contributed by atoms with E-state index in [0.717, 1.165) is 36.3 Å². The van der Waals surface area contributed by atoms with Gasteiger partial charge < -0.3 is 4.90 Å². The second-order valence-electron chi connectivity index (χ2n) is 6.55. The minimum absolute atomic E-state index is 0.0783. The molecule has 3 aromatic rings. The number of carbonyl (C=O) groups is 1. The van der Waals surface area contributed by atoms with Gasteiger partial charge in [-0.2, -0.15) is 10.2 Å². The number of aryl methyl sites for hydroxylation is 2. The molecule has 3 heterocycles. The van der Waals surface area contributed by atoms with Crippen LogP contribution in [0.15, 0.2) is 48.9 Å². The number of hydrogen-bond acceptors (Lipinski definition) is 3. The van der Waals surface area contributed by atoms with Crippen molar-refractivity contribution in [2.75, 3.05) is 6.54 Å². The fourth-order valence-corrected chi connectivity index (χ4v) is 3.45. The van der Waals surface area contributed by atoms with E-state index in [-0.39, 0.29) is 11.9 Å². The second-order valence-corrected chi connectivity index (χ2v) is 6.55. The van der Waals surface area contributed by atoms with E-state index >= 15 is 0 Å². The summed E-state index contributed by atoms with van der Waals surface area (Å²) in [6, 6.07) is 9.72. The van der Waals surface area contributed by atoms with Gasteiger partial charge in [-0.25, -0.2) is 4.68 Å². The maximum absolute atomic E-state index is 13.0. The zero-order valence-electron chi connectivity index (χ0n) is 14.5. The SMILES string of the molecule is Cc1ccn(-c2ccc(C(=O)N3CCC[C@H]3c3cnn(C)c3)cc2)n1. The molecule has 128 valence electrons. The van der Waals surface area contributed by atoms with E-state index in [0.29, 0.717) is 5.56 Å². The van der Waals surface area contributed by atoms with E-state index in [2.05, 4.69) is 10.2 Å². The van der Waals surface area contributed by atoms with Gasteiger partial charge in [-0.15, -0.1) is 0 Å². The van der Waals surface area contributed by atoms with Gasteiger partial charge in [0, 0.05) is 37.1 Å². The standard InChI is InChI=1S/C19H21N5O/c1-14-9-11-24(21-14)17-7-5-15(6-8-17)19(25)23-10-3-4-18(23)16-12-20-22(2)13-16/h5-9,11-13,18H,3-4,10H2,1-2H3/t18-/m0/s1. The van der Waals surface area contributed by atoms with Crippen molar-refractivity contribution in [2.24, 2.45) is 7.05 Å². The molecule has 1 aliphatic heterocycles. The highest BCUT2D eigenvalue weighted by molar-refractivity contribution is 5.94. The summed E-state index contributed by atoms with van der Waals surface area (Å²) >= 11 is 0. The van der Waals surface area contributed by atoms with Gasteiger partial charge in [-0.05, 0) is 50.1 Å². The van der Waals surface area contributed by atoms with Crippen LogP contribution in [-0.2, 0) is 7.05 Å². The molecule has 1 saturated heterocycles. The van der Waals surface area contributed by atoms with Gasteiger partial charge in [-0.3, -0.25) is 9.48 Å². The molecule has 1 fully saturated rings. The number of carbonyl (C=O) groups excluding carboxylic acids is 1. The highest BCUT2D eigenvalue weighted by Crippen LogP contribution is 2.32. The molecule has 6 heteroatoms. The van der Waals surface area contributed by atoms with E-state index in [1.165, 1.54) is 0 Å². The van der Waals surface area contributed by atoms with Crippen molar-refractivity contribution in [1.29, 1.82) is 0 Å². The summed E-state index contributed by atoms with van der Waals surface area (Å²) in [4.78, 5) is 14.9. The number of amides is 1. The van der Waals surface area contributed by atoms with Gasteiger partial charge in [0.2, 0.25) is 0 Å². The van der Waals surface area contributed by atoms with Crippen LogP contribution in [0.2, 0.25) is 0 Å². The lowest BCUT2D eigenvalue weighted by Crippen LogP contribution is -2.30. The number of hydrogen-bond donors (Lipinski definition) is 0. The van der Waals surface area contributed by atoms with Crippen LogP contribution >= 0.6 is 0 Å². The molecule has 0 unspecified atom stereocenters. The number of benzene rings is 1. The fraction of sp³-hybridized carbons (Fsp3) is 0.316. The Morgan fingerprint density at radius 1 is 1.20 bits per heavy atom. The molecular weight excluding hydrogens is 314 g/mol. The lowest BCUT2D eigenvalue weighted by Gasteiger charge is -2.24. The van der Waals surface area contributed by atoms with Gasteiger partial charge in [-0.1, -0.05) is 0 Å². The first-order valence-corrected chi connectivity index (χ1v) is 8.54. The van der Waals surface area contributed by atoms with E-state index in [4.69, 9.17) is 0 Å². The Morgan fingerprint density at radius 3 is 2.64 bits per heavy atom. The van der Waals surface area contributed by atoms with Crippen molar-refractivity contribution >= 4 is 5.91 Å². The molecule has 0 aliphatic carbocycles. The Hall–Kier alpha value is -2.89. The summed E-state index contributed by atoms with van der Waals surface area (Å²) in [6.07, 6.45) is 7.79. The van der Waals surface area contributed by atoms with Gasteiger partial charge in [0.15, 0.2) is 0 Å². The van der Waals surface area contributed by atoms with Crippen molar-refractivity contribution in [2.45, 2.75) is 25.8 Å². The summed E-state index contributed by atoms with van der Waals surface area (Å²) in [6.45, 7) is 2.75. The average Bonchev–Trinajstić information content (AvgIpc) is 3.34. The molecule has 0 spiro atoms. The summed E-state index contributed by atoms with van der Waals surface area (Å²) < 4.78 is 3.61. The highest BCUT2D eigenvalue weighted by Gasteiger charge is 2.31. The third kappa shape index (κ3) is 2.95. The third-order valence-electron chi connectivity index (χ3n) is 4.72. The molecule has 25 heavy (non-hydrogen) atoms. The van der Waals surface area contributed by atoms with E-state index < -0.39 is 0 Å². The van der Waals surface area contributed by atoms with Crippen LogP contribution in [0.1, 0.15) is 40.5 Å². The smallest absolute Gasteiger partial charge is 0.254 e. The minimum Gasteiger partial charge on any atom is -0.331 e. The topological polar surface area (TPSA) is 56.0 Å². The van der Waals surface area contributed by atoms with Gasteiger partial charge in [0.05, 0.1) is 23.6 Å². The zero-order chi connectivity index (χ0) is 17.4. The maximum atomic E-state index is 13.0. The quantitative estimate of drug-likeness (QED) is 0.739. The minimum atomic E-state index is 0.0783. The average molecular weight is 335 g/mol. The summed E-state index contributed by atoms with van der Waals surface area (Å²) in [5.41, 5.74) is 3.74. The second kappa shape index (κ2) is 6.20. The van der Waals surface area contributed by atoms with E-state index in [1.807, 2.05) is 72.5 Å². The Balaban J connectivity index is 1.55. The van der Waals surface area contributed by atoms with Crippen molar-refractivity contribution in [3.8, 4) is 5.69 Å². The van der Waals surface area contributed by atoms with Gasteiger partial charge in [0.1, 0.15) is 0 Å². The molecule has 1 atom stereocenters. The van der Waals surface area contributed by atoms with Crippen molar-refractivity contribution < 1.29 is 4.79 Å². The maximum Gasteiger partial charge on any atom is 0.254 e. The number of likely N-dealkylation sites (tertiary alicyclic amines) is 1. The van der Waals surface area contributed by atoms with Crippen LogP contribution in [-0.4, -0.2) is 36.9 Å². The summed E-state index contributed by atoms with van der Waals surface area (Å²) in [5, 5.41) is 8.64. The molecule has 0 radical (unpaired) electrons. The Bertz CT molecular complexity index is 893. The first-order valence-electron chi connectivity index (χ1n) is 8.54. The molecule has 1 aliphatic rings. The highest BCUT2D eigenvalue weighted by atomic mass is 16.2. The molecule has 0 saturated carbocycles. The Kier molecular flexibility index (Phi) is 3.87. The van der Waals surface area contributed by atoms with Crippen molar-refractivity contribution in [1.82, 2.24) is 24.5 Å². The molecular formula is C19H21N5O. The zero-order valence-corrected chi connectivity index (χ0v) is 14.5. The van der Waals surface area contributed by atoms with Gasteiger partial charge in [0.25, 0.3) is 5.91 Å². The monoisotopic (exact) mass is 335 g/mol. The molecule has 1 aromatic carbocycles. The first kappa shape index (κ1) is 15.6. The molecule has 0 bridgehead atoms. The van der Waals surface area contributed by atoms with Crippen LogP contribution in [0, 0.1) is 6.92 Å². The molecule has 0 N–H and O–H groups in total. The van der Waals surface area contributed by atoms with Gasteiger partial charge >= 0.3 is 0 Å². The molecule has 4 rings (SSSR count). The predicted octanol–water partition coefficient (Wildman–Crippen LogP) is 2.89. The Labute approximate surface area is 146 Å². The first-order chi connectivity index (χ1) is 12.1. The largest absolute Gasteiger partial charge is 0.331 e. The van der Waals surface area contributed by atoms with Crippen LogP contribution in [0.3, 0.4) is 0 Å². The molecule has 1 amide bonds. The van der Waals surface area contributed by atoms with Crippen LogP contribution in [0.4, 0.5) is 0 Å². The lowest BCUT2D eigenvalue weighted by molar-refractivity contribution is 0.0735. The van der Waals surface area contributed by atoms with Crippen molar-refractivity contribution in [3.05, 3.63) is 65.7 Å². The summed E-state index contributed by atoms with van der Waals surface area (Å²) in [5.74, 6) is 0.0783. The number of nitrogens with zero attached hydrogens (tertiary/aromatic N) is 5. The van der Waals surface area contributed by atoms with E-state index in [9.17, 15) is 4.79 Å². The number of rotatable bonds is 3. The number of aromatic nitrogens is 4. The third-order valence-corrected chi connectivity index (χ3v) is 4.72. The predicted molar refractivity (Wildman–Crippen MR) is 94.5 cm³/mol. The van der Waals surface area contributed by atoms with Crippen LogP contribution in [0.5, 0.6) is 0 Å². The van der Waals surface area contributed by atoms with Crippen LogP contribution in [0.25, 0.3) is 5.69 Å². The van der Waals surface area contributed by atoms with Crippen LogP contribution < -0.4 is 0 Å². The fourth-order valence-electron chi connectivity index (χ4n) is 3.45. The molecule has 6 nitrogen and oxygen atoms in total. The van der Waals surface area contributed by atoms with E-state index in [1.54, 1.807) is 4.68 Å². The summed E-state index contributed by atoms with van der Waals surface area (Å²) in [7, 11) is 1.90. The normalized spacial score (nSPS) is 17.2.